The lowest BCUT2D eigenvalue weighted by Gasteiger charge is -2.06. The Hall–Kier alpha value is -0.810. The number of nitrogens with two attached hydrogens (primary N) is 1. The molecule has 0 bridgehead atoms. The van der Waals surface area contributed by atoms with Crippen molar-refractivity contribution >= 4 is 5.84 Å². The first kappa shape index (κ1) is 12.2. The molecule has 0 aliphatic heterocycles. The molecule has 0 aromatic heterocycles. The van der Waals surface area contributed by atoms with Crippen LogP contribution in [0.5, 0.6) is 0 Å². The summed E-state index contributed by atoms with van der Waals surface area (Å²) in [5.41, 5.74) is 5.17. The minimum absolute atomic E-state index is 0.0730. The van der Waals surface area contributed by atoms with Gasteiger partial charge in [-0.1, -0.05) is 19.0 Å². The Morgan fingerprint density at radius 3 is 2.54 bits per heavy atom. The molecule has 0 radical (unpaired) electrons. The first-order valence-electron chi connectivity index (χ1n) is 4.28. The Labute approximate surface area is 78.5 Å². The molecule has 0 aliphatic rings. The summed E-state index contributed by atoms with van der Waals surface area (Å²) in [7, 11) is 0. The Balaban J connectivity index is 3.09. The highest BCUT2D eigenvalue weighted by atomic mass is 16.5. The molecule has 0 aromatic rings. The van der Waals surface area contributed by atoms with Crippen LogP contribution in [0.4, 0.5) is 0 Å². The van der Waals surface area contributed by atoms with Crippen molar-refractivity contribution in [3.63, 3.8) is 0 Å². The molecule has 0 spiro atoms. The monoisotopic (exact) mass is 190 g/mol. The zero-order valence-corrected chi connectivity index (χ0v) is 8.19. The van der Waals surface area contributed by atoms with Crippen LogP contribution < -0.4 is 5.73 Å². The topological polar surface area (TPSA) is 77.1 Å². The summed E-state index contributed by atoms with van der Waals surface area (Å²) in [6.07, 6.45) is 0. The summed E-state index contributed by atoms with van der Waals surface area (Å²) in [5, 5.41) is 10.9. The largest absolute Gasteiger partial charge is 0.409 e. The molecule has 0 unspecified atom stereocenters. The van der Waals surface area contributed by atoms with Crippen molar-refractivity contribution in [1.82, 2.24) is 0 Å². The van der Waals surface area contributed by atoms with Crippen LogP contribution in [0.2, 0.25) is 0 Å². The molecule has 0 saturated heterocycles. The first-order valence-corrected chi connectivity index (χ1v) is 4.28. The Morgan fingerprint density at radius 1 is 1.38 bits per heavy atom. The number of rotatable bonds is 7. The van der Waals surface area contributed by atoms with Gasteiger partial charge in [0, 0.05) is 6.61 Å². The van der Waals surface area contributed by atoms with Crippen LogP contribution in [0, 0.1) is 5.92 Å². The normalized spacial score (nSPS) is 12.4. The zero-order chi connectivity index (χ0) is 10.1. The molecule has 5 nitrogen and oxygen atoms in total. The summed E-state index contributed by atoms with van der Waals surface area (Å²) in [6.45, 7) is 6.03. The predicted molar refractivity (Wildman–Crippen MR) is 49.9 cm³/mol. The lowest BCUT2D eigenvalue weighted by atomic mass is 10.2. The predicted octanol–water partition coefficient (Wildman–Crippen LogP) is 0.422. The quantitative estimate of drug-likeness (QED) is 0.200. The maximum Gasteiger partial charge on any atom is 0.165 e. The van der Waals surface area contributed by atoms with Gasteiger partial charge in [-0.25, -0.2) is 0 Å². The van der Waals surface area contributed by atoms with Crippen LogP contribution in [0.25, 0.3) is 0 Å². The number of hydrogen-bond donors (Lipinski definition) is 2. The second kappa shape index (κ2) is 7.82. The lowest BCUT2D eigenvalue weighted by molar-refractivity contribution is 0.0491. The van der Waals surface area contributed by atoms with Crippen molar-refractivity contribution < 1.29 is 14.7 Å². The number of hydrogen-bond acceptors (Lipinski definition) is 4. The fourth-order valence-electron chi connectivity index (χ4n) is 0.642. The van der Waals surface area contributed by atoms with Gasteiger partial charge in [0.15, 0.2) is 5.84 Å². The van der Waals surface area contributed by atoms with Gasteiger partial charge in [-0.15, -0.1) is 0 Å². The van der Waals surface area contributed by atoms with Crippen molar-refractivity contribution in [1.29, 1.82) is 0 Å². The van der Waals surface area contributed by atoms with Crippen molar-refractivity contribution in [2.24, 2.45) is 16.8 Å². The van der Waals surface area contributed by atoms with Crippen LogP contribution in [0.1, 0.15) is 13.8 Å². The van der Waals surface area contributed by atoms with Gasteiger partial charge in [0.2, 0.25) is 0 Å². The number of ether oxygens (including phenoxy) is 2. The summed E-state index contributed by atoms with van der Waals surface area (Å²) >= 11 is 0. The average Bonchev–Trinajstić information content (AvgIpc) is 2.10. The van der Waals surface area contributed by atoms with E-state index in [9.17, 15) is 0 Å². The van der Waals surface area contributed by atoms with Gasteiger partial charge < -0.3 is 20.4 Å². The maximum atomic E-state index is 8.16. The highest BCUT2D eigenvalue weighted by Crippen LogP contribution is 1.91. The van der Waals surface area contributed by atoms with Crippen LogP contribution in [0.3, 0.4) is 0 Å². The molecular formula is C8H18N2O3. The maximum absolute atomic E-state index is 8.16. The van der Waals surface area contributed by atoms with Crippen molar-refractivity contribution in [2.75, 3.05) is 26.4 Å². The zero-order valence-electron chi connectivity index (χ0n) is 8.19. The number of nitrogens with zero attached hydrogens (tertiary/aromatic N) is 1. The molecule has 5 heteroatoms. The second-order valence-corrected chi connectivity index (χ2v) is 3.11. The highest BCUT2D eigenvalue weighted by Gasteiger charge is 1.95. The van der Waals surface area contributed by atoms with Crippen molar-refractivity contribution in [3.8, 4) is 0 Å². The molecule has 0 heterocycles. The lowest BCUT2D eigenvalue weighted by Crippen LogP contribution is -2.20. The van der Waals surface area contributed by atoms with E-state index in [4.69, 9.17) is 20.4 Å². The molecule has 0 saturated carbocycles. The smallest absolute Gasteiger partial charge is 0.165 e. The van der Waals surface area contributed by atoms with Gasteiger partial charge in [0.25, 0.3) is 0 Å². The summed E-state index contributed by atoms with van der Waals surface area (Å²) in [5.74, 6) is 0.605. The number of oxime groups is 1. The van der Waals surface area contributed by atoms with Gasteiger partial charge in [0.05, 0.1) is 13.2 Å². The second-order valence-electron chi connectivity index (χ2n) is 3.11. The minimum atomic E-state index is 0.0730. The molecule has 0 aliphatic carbocycles. The molecular weight excluding hydrogens is 172 g/mol. The minimum Gasteiger partial charge on any atom is -0.409 e. The van der Waals surface area contributed by atoms with E-state index in [0.717, 1.165) is 6.61 Å². The van der Waals surface area contributed by atoms with Crippen molar-refractivity contribution in [3.05, 3.63) is 0 Å². The SMILES string of the molecule is CC(C)COCCOCC(N)=NO. The molecule has 78 valence electrons. The van der Waals surface area contributed by atoms with E-state index < -0.39 is 0 Å². The fraction of sp³-hybridized carbons (Fsp3) is 0.875. The number of amidine groups is 1. The highest BCUT2D eigenvalue weighted by molar-refractivity contribution is 5.80. The third-order valence-corrected chi connectivity index (χ3v) is 1.20. The van der Waals surface area contributed by atoms with Gasteiger partial charge in [-0.3, -0.25) is 0 Å². The van der Waals surface area contributed by atoms with Crippen LogP contribution in [-0.4, -0.2) is 37.5 Å². The van der Waals surface area contributed by atoms with E-state index in [-0.39, 0.29) is 12.4 Å². The van der Waals surface area contributed by atoms with E-state index in [2.05, 4.69) is 19.0 Å². The molecule has 0 aromatic carbocycles. The van der Waals surface area contributed by atoms with Crippen LogP contribution in [0.15, 0.2) is 5.16 Å². The van der Waals surface area contributed by atoms with Gasteiger partial charge in [-0.05, 0) is 5.92 Å². The third kappa shape index (κ3) is 9.10. The summed E-state index contributed by atoms with van der Waals surface area (Å²) in [4.78, 5) is 0. The van der Waals surface area contributed by atoms with E-state index in [1.54, 1.807) is 0 Å². The van der Waals surface area contributed by atoms with E-state index in [1.165, 1.54) is 0 Å². The summed E-state index contributed by atoms with van der Waals surface area (Å²) < 4.78 is 10.3. The van der Waals surface area contributed by atoms with E-state index in [1.807, 2.05) is 0 Å². The Bertz CT molecular complexity index is 148. The summed E-state index contributed by atoms with van der Waals surface area (Å²) in [6, 6.07) is 0. The van der Waals surface area contributed by atoms with Crippen LogP contribution >= 0.6 is 0 Å². The fourth-order valence-corrected chi connectivity index (χ4v) is 0.642. The van der Waals surface area contributed by atoms with Gasteiger partial charge >= 0.3 is 0 Å². The molecule has 0 rings (SSSR count). The van der Waals surface area contributed by atoms with Crippen molar-refractivity contribution in [2.45, 2.75) is 13.8 Å². The molecule has 0 atom stereocenters. The van der Waals surface area contributed by atoms with Crippen LogP contribution in [-0.2, 0) is 9.47 Å². The molecule has 0 fully saturated rings. The Morgan fingerprint density at radius 2 is 2.00 bits per heavy atom. The molecule has 0 amide bonds. The first-order chi connectivity index (χ1) is 6.16. The Kier molecular flexibility index (Phi) is 7.33. The average molecular weight is 190 g/mol. The van der Waals surface area contributed by atoms with E-state index >= 15 is 0 Å². The molecule has 3 N–H and O–H groups in total. The van der Waals surface area contributed by atoms with Gasteiger partial charge in [-0.2, -0.15) is 0 Å². The van der Waals surface area contributed by atoms with E-state index in [0.29, 0.717) is 19.1 Å². The van der Waals surface area contributed by atoms with Gasteiger partial charge in [0.1, 0.15) is 6.61 Å². The third-order valence-electron chi connectivity index (χ3n) is 1.20. The molecule has 13 heavy (non-hydrogen) atoms. The standard InChI is InChI=1S/C8H18N2O3/c1-7(2)5-12-3-4-13-6-8(9)10-11/h7,11H,3-6H2,1-2H3,(H2,9,10).